The first-order valence-electron chi connectivity index (χ1n) is 6.38. The fourth-order valence-electron chi connectivity index (χ4n) is 1.82. The van der Waals surface area contributed by atoms with E-state index in [1.807, 2.05) is 39.2 Å². The Labute approximate surface area is 115 Å². The Morgan fingerprint density at radius 1 is 1.47 bits per heavy atom. The molecule has 2 N–H and O–H groups in total. The maximum Gasteiger partial charge on any atom is 0.242 e. The Balaban J connectivity index is 2.74. The van der Waals surface area contributed by atoms with Crippen molar-refractivity contribution in [3.8, 4) is 0 Å². The van der Waals surface area contributed by atoms with E-state index in [0.717, 1.165) is 11.4 Å². The van der Waals surface area contributed by atoms with Gasteiger partial charge in [-0.15, -0.1) is 6.58 Å². The number of amides is 1. The average Bonchev–Trinajstić information content (AvgIpc) is 2.37. The molecule has 0 saturated heterocycles. The van der Waals surface area contributed by atoms with Crippen molar-refractivity contribution in [2.24, 2.45) is 0 Å². The summed E-state index contributed by atoms with van der Waals surface area (Å²) in [6.45, 7) is 7.97. The summed E-state index contributed by atoms with van der Waals surface area (Å²) in [5.74, 6) is -0.0353. The normalized spacial score (nSPS) is 11.6. The number of hydrogen-bond donors (Lipinski definition) is 2. The van der Waals surface area contributed by atoms with Gasteiger partial charge in [-0.25, -0.2) is 0 Å². The lowest BCUT2D eigenvalue weighted by atomic mass is 10.1. The van der Waals surface area contributed by atoms with Gasteiger partial charge in [0.05, 0.1) is 0 Å². The fraction of sp³-hybridized carbons (Fsp3) is 0.400. The van der Waals surface area contributed by atoms with E-state index in [1.165, 1.54) is 5.56 Å². The van der Waals surface area contributed by atoms with E-state index in [1.54, 1.807) is 6.08 Å². The van der Waals surface area contributed by atoms with Crippen LogP contribution in [-0.2, 0) is 4.79 Å². The summed E-state index contributed by atoms with van der Waals surface area (Å²) in [6, 6.07) is 5.80. The molecule has 0 saturated carbocycles. The number of benzene rings is 1. The zero-order valence-electron chi connectivity index (χ0n) is 12.2. The van der Waals surface area contributed by atoms with Gasteiger partial charge in [0.1, 0.15) is 6.04 Å². The molecule has 1 unspecified atom stereocenters. The van der Waals surface area contributed by atoms with Crippen molar-refractivity contribution in [1.82, 2.24) is 5.32 Å². The number of carbonyl (C=O) groups excluding carboxylic acids is 1. The molecule has 0 aliphatic rings. The van der Waals surface area contributed by atoms with Crippen LogP contribution in [0.3, 0.4) is 0 Å². The molecule has 0 aliphatic carbocycles. The highest BCUT2D eigenvalue weighted by atomic mass is 16.2. The van der Waals surface area contributed by atoms with Crippen LogP contribution in [0.1, 0.15) is 12.5 Å². The van der Waals surface area contributed by atoms with Gasteiger partial charge in [0.25, 0.3) is 0 Å². The lowest BCUT2D eigenvalue weighted by Crippen LogP contribution is -2.37. The number of nitrogens with one attached hydrogen (secondary N) is 2. The molecule has 0 spiro atoms. The van der Waals surface area contributed by atoms with Gasteiger partial charge in [-0.2, -0.15) is 0 Å². The second kappa shape index (κ2) is 6.83. The Morgan fingerprint density at radius 3 is 2.74 bits per heavy atom. The first-order chi connectivity index (χ1) is 8.95. The minimum Gasteiger partial charge on any atom is -0.377 e. The molecule has 0 bridgehead atoms. The molecule has 0 radical (unpaired) electrons. The first-order valence-corrected chi connectivity index (χ1v) is 6.38. The topological polar surface area (TPSA) is 44.4 Å². The number of hydrogen-bond acceptors (Lipinski definition) is 3. The molecule has 1 aromatic rings. The van der Waals surface area contributed by atoms with Gasteiger partial charge in [0.2, 0.25) is 5.91 Å². The molecule has 1 atom stereocenters. The van der Waals surface area contributed by atoms with Gasteiger partial charge >= 0.3 is 0 Å². The zero-order chi connectivity index (χ0) is 14.4. The molecule has 4 heteroatoms. The fourth-order valence-corrected chi connectivity index (χ4v) is 1.82. The number of nitrogens with zero attached hydrogens (tertiary/aromatic N) is 1. The number of aryl methyl sites for hydroxylation is 1. The third-order valence-corrected chi connectivity index (χ3v) is 2.89. The van der Waals surface area contributed by atoms with E-state index in [4.69, 9.17) is 0 Å². The summed E-state index contributed by atoms with van der Waals surface area (Å²) in [6.07, 6.45) is 1.67. The predicted molar refractivity (Wildman–Crippen MR) is 81.8 cm³/mol. The van der Waals surface area contributed by atoms with E-state index in [9.17, 15) is 4.79 Å². The number of carbonyl (C=O) groups is 1. The molecule has 0 aliphatic heterocycles. The molecule has 0 heterocycles. The van der Waals surface area contributed by atoms with Gasteiger partial charge in [0.15, 0.2) is 0 Å². The van der Waals surface area contributed by atoms with Crippen molar-refractivity contribution in [1.29, 1.82) is 0 Å². The van der Waals surface area contributed by atoms with Crippen LogP contribution in [0.2, 0.25) is 0 Å². The molecule has 1 amide bonds. The molecule has 1 rings (SSSR count). The lowest BCUT2D eigenvalue weighted by Gasteiger charge is -2.19. The summed E-state index contributed by atoms with van der Waals surface area (Å²) in [7, 11) is 4.01. The Hall–Kier alpha value is -1.97. The van der Waals surface area contributed by atoms with Crippen molar-refractivity contribution in [3.05, 3.63) is 36.4 Å². The van der Waals surface area contributed by atoms with Crippen LogP contribution in [-0.4, -0.2) is 32.6 Å². The summed E-state index contributed by atoms with van der Waals surface area (Å²) < 4.78 is 0. The van der Waals surface area contributed by atoms with E-state index in [2.05, 4.69) is 29.0 Å². The highest BCUT2D eigenvalue weighted by Crippen LogP contribution is 2.22. The minimum atomic E-state index is -0.280. The third kappa shape index (κ3) is 4.32. The van der Waals surface area contributed by atoms with Gasteiger partial charge < -0.3 is 15.5 Å². The van der Waals surface area contributed by atoms with Crippen molar-refractivity contribution in [2.75, 3.05) is 30.9 Å². The monoisotopic (exact) mass is 261 g/mol. The van der Waals surface area contributed by atoms with Crippen LogP contribution in [0.15, 0.2) is 30.9 Å². The number of rotatable bonds is 6. The first kappa shape index (κ1) is 15.1. The SMILES string of the molecule is C=CCNC(=O)C(C)Nc1ccc(C)c(N(C)C)c1. The summed E-state index contributed by atoms with van der Waals surface area (Å²) in [5.41, 5.74) is 3.29. The standard InChI is InChI=1S/C15H23N3O/c1-6-9-16-15(19)12(3)17-13-8-7-11(2)14(10-13)18(4)5/h6-8,10,12,17H,1,9H2,2-5H3,(H,16,19). The van der Waals surface area contributed by atoms with Crippen LogP contribution >= 0.6 is 0 Å². The predicted octanol–water partition coefficient (Wildman–Crippen LogP) is 2.16. The highest BCUT2D eigenvalue weighted by molar-refractivity contribution is 5.84. The van der Waals surface area contributed by atoms with Gasteiger partial charge in [-0.05, 0) is 31.5 Å². The van der Waals surface area contributed by atoms with E-state index in [-0.39, 0.29) is 11.9 Å². The summed E-state index contributed by atoms with van der Waals surface area (Å²) in [4.78, 5) is 13.8. The molecular formula is C15H23N3O. The van der Waals surface area contributed by atoms with Gasteiger partial charge in [-0.1, -0.05) is 12.1 Å². The average molecular weight is 261 g/mol. The minimum absolute atomic E-state index is 0.0353. The summed E-state index contributed by atoms with van der Waals surface area (Å²) >= 11 is 0. The molecule has 1 aromatic carbocycles. The maximum atomic E-state index is 11.8. The second-order valence-electron chi connectivity index (χ2n) is 4.80. The van der Waals surface area contributed by atoms with Crippen molar-refractivity contribution in [2.45, 2.75) is 19.9 Å². The van der Waals surface area contributed by atoms with Gasteiger partial charge in [0, 0.05) is 32.0 Å². The smallest absolute Gasteiger partial charge is 0.242 e. The second-order valence-corrected chi connectivity index (χ2v) is 4.80. The van der Waals surface area contributed by atoms with Crippen LogP contribution < -0.4 is 15.5 Å². The Morgan fingerprint density at radius 2 is 2.16 bits per heavy atom. The maximum absolute atomic E-state index is 11.8. The lowest BCUT2D eigenvalue weighted by molar-refractivity contribution is -0.121. The van der Waals surface area contributed by atoms with Crippen LogP contribution in [0.5, 0.6) is 0 Å². The quantitative estimate of drug-likeness (QED) is 0.771. The van der Waals surface area contributed by atoms with Crippen LogP contribution in [0, 0.1) is 6.92 Å². The van der Waals surface area contributed by atoms with Crippen molar-refractivity contribution < 1.29 is 4.79 Å². The molecule has 0 aromatic heterocycles. The Bertz CT molecular complexity index is 455. The van der Waals surface area contributed by atoms with Crippen LogP contribution in [0.4, 0.5) is 11.4 Å². The third-order valence-electron chi connectivity index (χ3n) is 2.89. The zero-order valence-corrected chi connectivity index (χ0v) is 12.2. The molecular weight excluding hydrogens is 238 g/mol. The number of anilines is 2. The van der Waals surface area contributed by atoms with E-state index in [0.29, 0.717) is 6.54 Å². The Kier molecular flexibility index (Phi) is 5.42. The highest BCUT2D eigenvalue weighted by Gasteiger charge is 2.12. The van der Waals surface area contributed by atoms with Crippen molar-refractivity contribution in [3.63, 3.8) is 0 Å². The largest absolute Gasteiger partial charge is 0.377 e. The molecule has 4 nitrogen and oxygen atoms in total. The van der Waals surface area contributed by atoms with Crippen LogP contribution in [0.25, 0.3) is 0 Å². The van der Waals surface area contributed by atoms with Gasteiger partial charge in [-0.3, -0.25) is 4.79 Å². The molecule has 104 valence electrons. The van der Waals surface area contributed by atoms with E-state index < -0.39 is 0 Å². The molecule has 0 fully saturated rings. The van der Waals surface area contributed by atoms with E-state index >= 15 is 0 Å². The van der Waals surface area contributed by atoms with Crippen molar-refractivity contribution >= 4 is 17.3 Å². The summed E-state index contributed by atoms with van der Waals surface area (Å²) in [5, 5.41) is 5.97. The molecule has 19 heavy (non-hydrogen) atoms.